The number of nitrogens with zero attached hydrogens (tertiary/aromatic N) is 1. The van der Waals surface area contributed by atoms with Gasteiger partial charge in [-0.2, -0.15) is 0 Å². The van der Waals surface area contributed by atoms with Gasteiger partial charge in [0.1, 0.15) is 0 Å². The highest BCUT2D eigenvalue weighted by atomic mass is 32.1. The Morgan fingerprint density at radius 1 is 1.56 bits per heavy atom. The summed E-state index contributed by atoms with van der Waals surface area (Å²) in [5, 5.41) is 0. The molecule has 1 aromatic heterocycles. The first-order chi connectivity index (χ1) is 4.33. The monoisotopic (exact) mass is 137 g/mol. The maximum absolute atomic E-state index is 4.07. The molecule has 0 N–H and O–H groups in total. The third kappa shape index (κ3) is 1.57. The molecule has 2 heteroatoms. The first-order valence-electron chi connectivity index (χ1n) is 2.60. The van der Waals surface area contributed by atoms with Crippen molar-refractivity contribution in [3.63, 3.8) is 0 Å². The minimum Gasteiger partial charge on any atom is -0.256 e. The van der Waals surface area contributed by atoms with Crippen LogP contribution in [-0.4, -0.2) is 4.98 Å². The summed E-state index contributed by atoms with van der Waals surface area (Å²) in [5.74, 6) is 0. The Kier molecular flexibility index (Phi) is 1.90. The molecule has 0 fully saturated rings. The maximum Gasteiger partial charge on any atom is 0.0624 e. The van der Waals surface area contributed by atoms with Crippen molar-refractivity contribution >= 4 is 18.7 Å². The quantitative estimate of drug-likeness (QED) is 0.584. The average molecular weight is 137 g/mol. The highest BCUT2D eigenvalue weighted by Gasteiger charge is 1.84. The third-order valence-electron chi connectivity index (χ3n) is 0.980. The Morgan fingerprint density at radius 3 is 2.78 bits per heavy atom. The third-order valence-corrected chi connectivity index (χ3v) is 1.24. The van der Waals surface area contributed by atoms with E-state index in [-0.39, 0.29) is 0 Å². The highest BCUT2D eigenvalue weighted by Crippen LogP contribution is 2.03. The average Bonchev–Trinajstić information content (AvgIpc) is 1.90. The molecule has 1 aromatic rings. The van der Waals surface area contributed by atoms with Crippen molar-refractivity contribution in [1.29, 1.82) is 0 Å². The fourth-order valence-electron chi connectivity index (χ4n) is 0.518. The second-order valence-electron chi connectivity index (χ2n) is 1.65. The fraction of sp³-hybridized carbons (Fsp3) is 0. The van der Waals surface area contributed by atoms with Gasteiger partial charge in [-0.15, -0.1) is 12.6 Å². The van der Waals surface area contributed by atoms with Gasteiger partial charge in [0.2, 0.25) is 0 Å². The summed E-state index contributed by atoms with van der Waals surface area (Å²) in [7, 11) is 0. The Balaban J connectivity index is 3.01. The van der Waals surface area contributed by atoms with Gasteiger partial charge in [0.05, 0.1) is 5.69 Å². The minimum atomic E-state index is 0.876. The molecular weight excluding hydrogens is 130 g/mol. The number of rotatable bonds is 1. The lowest BCUT2D eigenvalue weighted by Gasteiger charge is -1.90. The van der Waals surface area contributed by atoms with Crippen molar-refractivity contribution in [2.45, 2.75) is 4.90 Å². The zero-order chi connectivity index (χ0) is 6.69. The Bertz CT molecular complexity index is 203. The molecule has 1 rings (SSSR count). The molecule has 0 aliphatic rings. The number of thiol groups is 1. The van der Waals surface area contributed by atoms with Gasteiger partial charge in [-0.1, -0.05) is 6.58 Å². The van der Waals surface area contributed by atoms with Gasteiger partial charge >= 0.3 is 0 Å². The lowest BCUT2D eigenvalue weighted by atomic mass is 10.3. The predicted octanol–water partition coefficient (Wildman–Crippen LogP) is 2.01. The summed E-state index contributed by atoms with van der Waals surface area (Å²) in [6, 6.07) is 3.75. The summed E-state index contributed by atoms with van der Waals surface area (Å²) in [4.78, 5) is 4.88. The highest BCUT2D eigenvalue weighted by molar-refractivity contribution is 7.80. The van der Waals surface area contributed by atoms with Gasteiger partial charge in [-0.3, -0.25) is 4.98 Å². The van der Waals surface area contributed by atoms with E-state index in [2.05, 4.69) is 24.2 Å². The zero-order valence-corrected chi connectivity index (χ0v) is 5.81. The lowest BCUT2D eigenvalue weighted by Crippen LogP contribution is -1.76. The molecule has 0 saturated heterocycles. The Morgan fingerprint density at radius 2 is 2.33 bits per heavy atom. The smallest absolute Gasteiger partial charge is 0.0624 e. The number of aromatic nitrogens is 1. The van der Waals surface area contributed by atoms with E-state index < -0.39 is 0 Å². The van der Waals surface area contributed by atoms with Crippen LogP contribution in [0.5, 0.6) is 0 Å². The molecule has 0 aliphatic heterocycles. The van der Waals surface area contributed by atoms with Crippen molar-refractivity contribution in [1.82, 2.24) is 4.98 Å². The summed E-state index contributed by atoms with van der Waals surface area (Å²) >= 11 is 4.07. The summed E-state index contributed by atoms with van der Waals surface area (Å²) in [6.07, 6.45) is 3.40. The van der Waals surface area contributed by atoms with Crippen LogP contribution >= 0.6 is 12.6 Å². The number of pyridine rings is 1. The van der Waals surface area contributed by atoms with Crippen molar-refractivity contribution in [2.24, 2.45) is 0 Å². The van der Waals surface area contributed by atoms with Crippen LogP contribution in [0.25, 0.3) is 6.08 Å². The van der Waals surface area contributed by atoms with E-state index in [0.29, 0.717) is 0 Å². The molecule has 0 atom stereocenters. The number of hydrogen-bond donors (Lipinski definition) is 1. The van der Waals surface area contributed by atoms with Gasteiger partial charge in [0.25, 0.3) is 0 Å². The molecule has 1 heterocycles. The molecule has 0 radical (unpaired) electrons. The van der Waals surface area contributed by atoms with Crippen LogP contribution < -0.4 is 0 Å². The van der Waals surface area contributed by atoms with Gasteiger partial charge in [0, 0.05) is 11.1 Å². The van der Waals surface area contributed by atoms with E-state index in [0.717, 1.165) is 10.6 Å². The van der Waals surface area contributed by atoms with Crippen LogP contribution in [0.4, 0.5) is 0 Å². The van der Waals surface area contributed by atoms with E-state index in [4.69, 9.17) is 0 Å². The number of hydrogen-bond acceptors (Lipinski definition) is 2. The molecule has 0 bridgehead atoms. The minimum absolute atomic E-state index is 0.876. The summed E-state index contributed by atoms with van der Waals surface area (Å²) in [6.45, 7) is 3.57. The van der Waals surface area contributed by atoms with E-state index in [9.17, 15) is 0 Å². The molecular formula is C7H7NS. The molecule has 46 valence electrons. The van der Waals surface area contributed by atoms with Crippen molar-refractivity contribution in [3.8, 4) is 0 Å². The first-order valence-corrected chi connectivity index (χ1v) is 3.05. The van der Waals surface area contributed by atoms with Gasteiger partial charge < -0.3 is 0 Å². The van der Waals surface area contributed by atoms with Crippen LogP contribution in [0.3, 0.4) is 0 Å². The van der Waals surface area contributed by atoms with Gasteiger partial charge in [-0.05, 0) is 18.2 Å². The second kappa shape index (κ2) is 2.69. The van der Waals surface area contributed by atoms with Gasteiger partial charge in [-0.25, -0.2) is 0 Å². The Hall–Kier alpha value is -0.760. The molecule has 0 saturated carbocycles. The normalized spacial score (nSPS) is 9.00. The zero-order valence-electron chi connectivity index (χ0n) is 4.91. The van der Waals surface area contributed by atoms with Crippen LogP contribution in [0.15, 0.2) is 29.8 Å². The summed E-state index contributed by atoms with van der Waals surface area (Å²) in [5.41, 5.74) is 0.882. The van der Waals surface area contributed by atoms with Crippen LogP contribution in [0, 0.1) is 0 Å². The largest absolute Gasteiger partial charge is 0.256 e. The molecule has 0 aliphatic carbocycles. The molecule has 1 nitrogen and oxygen atoms in total. The van der Waals surface area contributed by atoms with Crippen LogP contribution in [0.1, 0.15) is 5.69 Å². The first kappa shape index (κ1) is 6.36. The topological polar surface area (TPSA) is 12.9 Å². The van der Waals surface area contributed by atoms with E-state index in [1.807, 2.05) is 12.1 Å². The van der Waals surface area contributed by atoms with E-state index >= 15 is 0 Å². The molecule has 9 heavy (non-hydrogen) atoms. The predicted molar refractivity (Wildman–Crippen MR) is 41.6 cm³/mol. The van der Waals surface area contributed by atoms with Crippen molar-refractivity contribution < 1.29 is 0 Å². The Labute approximate surface area is 59.8 Å². The van der Waals surface area contributed by atoms with E-state index in [1.54, 1.807) is 12.3 Å². The van der Waals surface area contributed by atoms with Crippen LogP contribution in [-0.2, 0) is 0 Å². The SMILES string of the molecule is C=Cc1ccc(S)cn1. The molecule has 0 spiro atoms. The lowest BCUT2D eigenvalue weighted by molar-refractivity contribution is 1.22. The van der Waals surface area contributed by atoms with Crippen molar-refractivity contribution in [2.75, 3.05) is 0 Å². The maximum atomic E-state index is 4.07. The fourth-order valence-corrected chi connectivity index (χ4v) is 0.651. The summed E-state index contributed by atoms with van der Waals surface area (Å²) < 4.78 is 0. The van der Waals surface area contributed by atoms with Crippen molar-refractivity contribution in [3.05, 3.63) is 30.6 Å². The van der Waals surface area contributed by atoms with Gasteiger partial charge in [0.15, 0.2) is 0 Å². The second-order valence-corrected chi connectivity index (χ2v) is 2.16. The molecule has 0 amide bonds. The molecule has 0 unspecified atom stereocenters. The molecule has 0 aromatic carbocycles. The van der Waals surface area contributed by atoms with E-state index in [1.165, 1.54) is 0 Å². The van der Waals surface area contributed by atoms with Crippen LogP contribution in [0.2, 0.25) is 0 Å². The standard InChI is InChI=1S/C7H7NS/c1-2-6-3-4-7(9)5-8-6/h2-5,9H,1H2.